The van der Waals surface area contributed by atoms with E-state index in [1.165, 1.54) is 0 Å². The summed E-state index contributed by atoms with van der Waals surface area (Å²) in [5.74, 6) is -3.60. The summed E-state index contributed by atoms with van der Waals surface area (Å²) in [7, 11) is 0. The Morgan fingerprint density at radius 3 is 1.77 bits per heavy atom. The Labute approximate surface area is 174 Å². The van der Waals surface area contributed by atoms with Crippen molar-refractivity contribution in [1.29, 1.82) is 0 Å². The normalized spacial score (nSPS) is 14.5. The number of fused-ring (bicyclic) bond motifs is 1. The monoisotopic (exact) mass is 318 g/mol. The van der Waals surface area contributed by atoms with Crippen molar-refractivity contribution >= 4 is 11.9 Å². The number of hydrogen-bond donors (Lipinski definition) is 0. The minimum atomic E-state index is -1.42. The fourth-order valence-corrected chi connectivity index (χ4v) is 2.92. The summed E-state index contributed by atoms with van der Waals surface area (Å²) in [5, 5.41) is 22.7. The van der Waals surface area contributed by atoms with E-state index < -0.39 is 17.9 Å². The first-order chi connectivity index (χ1) is 9.41. The van der Waals surface area contributed by atoms with Gasteiger partial charge in [0.05, 0.1) is 11.9 Å². The molecule has 0 spiro atoms. The molecule has 0 amide bonds. The van der Waals surface area contributed by atoms with Gasteiger partial charge in [0, 0.05) is 0 Å². The van der Waals surface area contributed by atoms with Crippen LogP contribution in [0, 0.1) is 11.8 Å². The molecule has 1 aromatic carbocycles. The molecule has 106 valence electrons. The number of carbonyl (C=O) groups is 2. The zero-order valence-corrected chi connectivity index (χ0v) is 17.5. The van der Waals surface area contributed by atoms with E-state index in [0.29, 0.717) is 12.8 Å². The minimum absolute atomic E-state index is 0. The number of hydrogen-bond acceptors (Lipinski definition) is 4. The molecule has 0 N–H and O–H groups in total. The van der Waals surface area contributed by atoms with E-state index >= 15 is 0 Å². The van der Waals surface area contributed by atoms with Gasteiger partial charge in [-0.1, -0.05) is 38.1 Å². The Morgan fingerprint density at radius 1 is 1.00 bits per heavy atom. The maximum Gasteiger partial charge on any atom is 1.00 e. The van der Waals surface area contributed by atoms with Crippen LogP contribution in [-0.4, -0.2) is 11.9 Å². The topological polar surface area (TPSA) is 80.3 Å². The van der Waals surface area contributed by atoms with Crippen molar-refractivity contribution in [2.75, 3.05) is 0 Å². The molecule has 0 saturated carbocycles. The van der Waals surface area contributed by atoms with Crippen molar-refractivity contribution in [2.24, 2.45) is 11.8 Å². The van der Waals surface area contributed by atoms with Crippen LogP contribution in [0.3, 0.4) is 0 Å². The second-order valence-electron chi connectivity index (χ2n) is 5.43. The Hall–Kier alpha value is -0.1000. The summed E-state index contributed by atoms with van der Waals surface area (Å²) in [6.45, 7) is 3.30. The third-order valence-corrected chi connectivity index (χ3v) is 3.77. The molecule has 0 fully saturated rings. The molecule has 0 atom stereocenters. The summed E-state index contributed by atoms with van der Waals surface area (Å²) in [6.07, 6.45) is 1.06. The van der Waals surface area contributed by atoms with Gasteiger partial charge in [0.15, 0.2) is 0 Å². The maximum atomic E-state index is 11.4. The van der Waals surface area contributed by atoms with E-state index in [9.17, 15) is 19.8 Å². The SMILES string of the molecule is CC(C)/C(C(=O)[O-])=C(/C(=O)[O-])C1Cc2ccccc2C1.[Na+].[Na+]. The molecule has 0 bridgehead atoms. The summed E-state index contributed by atoms with van der Waals surface area (Å²) < 4.78 is 0. The predicted molar refractivity (Wildman–Crippen MR) is 69.2 cm³/mol. The first-order valence-corrected chi connectivity index (χ1v) is 6.65. The van der Waals surface area contributed by atoms with Gasteiger partial charge in [-0.05, 0) is 47.0 Å². The van der Waals surface area contributed by atoms with Gasteiger partial charge >= 0.3 is 59.1 Å². The first kappa shape index (κ1) is 21.9. The van der Waals surface area contributed by atoms with Gasteiger partial charge in [-0.2, -0.15) is 0 Å². The molecule has 2 rings (SSSR count). The molecule has 0 aliphatic heterocycles. The smallest absolute Gasteiger partial charge is 0.545 e. The fourth-order valence-electron chi connectivity index (χ4n) is 2.92. The molecule has 0 unspecified atom stereocenters. The fraction of sp³-hybridized carbons (Fsp3) is 0.375. The Balaban J connectivity index is 0.00000220. The van der Waals surface area contributed by atoms with Gasteiger partial charge in [0.2, 0.25) is 0 Å². The molecule has 22 heavy (non-hydrogen) atoms. The van der Waals surface area contributed by atoms with Crippen molar-refractivity contribution in [3.63, 3.8) is 0 Å². The standard InChI is InChI=1S/C16H18O4.2Na/c1-9(2)13(15(17)18)14(16(19)20)12-7-10-5-3-4-6-11(10)8-12;;/h3-6,9,12H,7-8H2,1-2H3,(H,17,18)(H,19,20);;/q;2*+1/p-2/b14-13-;;. The quantitative estimate of drug-likeness (QED) is 0.409. The van der Waals surface area contributed by atoms with Crippen molar-refractivity contribution < 1.29 is 78.9 Å². The van der Waals surface area contributed by atoms with Crippen molar-refractivity contribution in [3.8, 4) is 0 Å². The molecule has 0 aromatic heterocycles. The van der Waals surface area contributed by atoms with Crippen LogP contribution in [0.25, 0.3) is 0 Å². The maximum absolute atomic E-state index is 11.4. The molecular weight excluding hydrogens is 302 g/mol. The Kier molecular flexibility index (Phi) is 9.22. The van der Waals surface area contributed by atoms with Crippen LogP contribution in [0.5, 0.6) is 0 Å². The minimum Gasteiger partial charge on any atom is -0.545 e. The van der Waals surface area contributed by atoms with E-state index in [2.05, 4.69) is 0 Å². The molecule has 0 saturated heterocycles. The van der Waals surface area contributed by atoms with Crippen molar-refractivity contribution in [1.82, 2.24) is 0 Å². The van der Waals surface area contributed by atoms with Crippen LogP contribution in [0.15, 0.2) is 35.4 Å². The number of rotatable bonds is 4. The number of aliphatic carboxylic acids is 2. The molecule has 6 heteroatoms. The van der Waals surface area contributed by atoms with Crippen LogP contribution < -0.4 is 69.3 Å². The number of benzene rings is 1. The second-order valence-corrected chi connectivity index (χ2v) is 5.43. The van der Waals surface area contributed by atoms with Crippen LogP contribution in [0.2, 0.25) is 0 Å². The Morgan fingerprint density at radius 2 is 1.45 bits per heavy atom. The van der Waals surface area contributed by atoms with Gasteiger partial charge in [-0.25, -0.2) is 0 Å². The predicted octanol–water partition coefficient (Wildman–Crippen LogP) is -6.14. The largest absolute Gasteiger partial charge is 1.00 e. The molecule has 0 heterocycles. The molecule has 1 aromatic rings. The number of carboxylic acid groups (broad SMARTS) is 2. The second kappa shape index (κ2) is 9.26. The van der Waals surface area contributed by atoms with Gasteiger partial charge in [-0.3, -0.25) is 0 Å². The molecule has 1 aliphatic rings. The summed E-state index contributed by atoms with van der Waals surface area (Å²) in [4.78, 5) is 22.7. The number of carbonyl (C=O) groups excluding carboxylic acids is 2. The van der Waals surface area contributed by atoms with Crippen LogP contribution in [0.4, 0.5) is 0 Å². The third-order valence-electron chi connectivity index (χ3n) is 3.77. The summed E-state index contributed by atoms with van der Waals surface area (Å²) in [6, 6.07) is 7.67. The van der Waals surface area contributed by atoms with E-state index in [-0.39, 0.29) is 76.2 Å². The number of carboxylic acids is 2. The average Bonchev–Trinajstić information content (AvgIpc) is 2.77. The average molecular weight is 318 g/mol. The van der Waals surface area contributed by atoms with Crippen LogP contribution >= 0.6 is 0 Å². The summed E-state index contributed by atoms with van der Waals surface area (Å²) >= 11 is 0. The third kappa shape index (κ3) is 4.70. The van der Waals surface area contributed by atoms with Gasteiger partial charge in [-0.15, -0.1) is 0 Å². The van der Waals surface area contributed by atoms with Gasteiger partial charge < -0.3 is 19.8 Å². The van der Waals surface area contributed by atoms with E-state index in [1.54, 1.807) is 13.8 Å². The zero-order chi connectivity index (χ0) is 14.9. The van der Waals surface area contributed by atoms with Gasteiger partial charge in [0.1, 0.15) is 0 Å². The molecular formula is C16H16Na2O4. The van der Waals surface area contributed by atoms with E-state index in [1.807, 2.05) is 24.3 Å². The van der Waals surface area contributed by atoms with Gasteiger partial charge in [0.25, 0.3) is 0 Å². The first-order valence-electron chi connectivity index (χ1n) is 6.65. The molecule has 1 aliphatic carbocycles. The van der Waals surface area contributed by atoms with E-state index in [0.717, 1.165) is 11.1 Å². The van der Waals surface area contributed by atoms with Crippen LogP contribution in [0.1, 0.15) is 25.0 Å². The van der Waals surface area contributed by atoms with Crippen LogP contribution in [-0.2, 0) is 22.4 Å². The molecule has 0 radical (unpaired) electrons. The van der Waals surface area contributed by atoms with E-state index in [4.69, 9.17) is 0 Å². The Bertz CT molecular complexity index is 569. The molecule has 4 nitrogen and oxygen atoms in total. The van der Waals surface area contributed by atoms with Crippen molar-refractivity contribution in [2.45, 2.75) is 26.7 Å². The van der Waals surface area contributed by atoms with Crippen molar-refractivity contribution in [3.05, 3.63) is 46.5 Å². The zero-order valence-electron chi connectivity index (χ0n) is 13.5. The summed E-state index contributed by atoms with van der Waals surface area (Å²) in [5.41, 5.74) is 1.87.